The van der Waals surface area contributed by atoms with Crippen molar-refractivity contribution in [2.24, 2.45) is 0 Å². The van der Waals surface area contributed by atoms with Crippen molar-refractivity contribution in [3.8, 4) is 29.1 Å². The highest BCUT2D eigenvalue weighted by molar-refractivity contribution is 5.85. The predicted molar refractivity (Wildman–Crippen MR) is 94.0 cm³/mol. The van der Waals surface area contributed by atoms with Crippen molar-refractivity contribution in [2.45, 2.75) is 0 Å². The average molecular weight is 341 g/mol. The van der Waals surface area contributed by atoms with E-state index in [1.807, 2.05) is 18.2 Å². The van der Waals surface area contributed by atoms with Gasteiger partial charge in [-0.25, -0.2) is 0 Å². The lowest BCUT2D eigenvalue weighted by Crippen LogP contribution is -2.44. The standard InChI is InChI=1S/C17H24N2O3.ClH/c1-18-10-12-19(13-11-18)9-4-5-14-22-17-15(20-2)7-6-8-16(17)21-3;/h6-8H,9-14H2,1-3H3;1H. The van der Waals surface area contributed by atoms with Crippen molar-refractivity contribution in [1.82, 2.24) is 9.80 Å². The van der Waals surface area contributed by atoms with Gasteiger partial charge in [0.1, 0.15) is 6.61 Å². The van der Waals surface area contributed by atoms with E-state index in [4.69, 9.17) is 14.2 Å². The van der Waals surface area contributed by atoms with E-state index >= 15 is 0 Å². The second kappa shape index (κ2) is 10.2. The zero-order valence-corrected chi connectivity index (χ0v) is 14.8. The Balaban J connectivity index is 0.00000264. The highest BCUT2D eigenvalue weighted by Gasteiger charge is 2.12. The van der Waals surface area contributed by atoms with Gasteiger partial charge in [-0.2, -0.15) is 0 Å². The number of hydrogen-bond donors (Lipinski definition) is 0. The fraction of sp³-hybridized carbons (Fsp3) is 0.529. The molecule has 0 unspecified atom stereocenters. The summed E-state index contributed by atoms with van der Waals surface area (Å²) in [7, 11) is 5.37. The van der Waals surface area contributed by atoms with Gasteiger partial charge in [0.05, 0.1) is 20.8 Å². The average Bonchev–Trinajstić information content (AvgIpc) is 2.56. The Labute approximate surface area is 144 Å². The molecule has 5 nitrogen and oxygen atoms in total. The van der Waals surface area contributed by atoms with Crippen molar-refractivity contribution in [2.75, 3.05) is 60.6 Å². The van der Waals surface area contributed by atoms with Gasteiger partial charge in [-0.1, -0.05) is 17.9 Å². The van der Waals surface area contributed by atoms with Crippen molar-refractivity contribution in [3.63, 3.8) is 0 Å². The maximum absolute atomic E-state index is 5.71. The Hall–Kier alpha value is -1.61. The van der Waals surface area contributed by atoms with Crippen LogP contribution in [0.1, 0.15) is 0 Å². The van der Waals surface area contributed by atoms with Crippen molar-refractivity contribution >= 4 is 12.4 Å². The molecule has 2 rings (SSSR count). The van der Waals surface area contributed by atoms with Gasteiger partial charge in [0.25, 0.3) is 0 Å². The molecular weight excluding hydrogens is 316 g/mol. The second-order valence-electron chi connectivity index (χ2n) is 5.21. The van der Waals surface area contributed by atoms with Gasteiger partial charge in [0, 0.05) is 26.2 Å². The molecule has 0 bridgehead atoms. The lowest BCUT2D eigenvalue weighted by molar-refractivity contribution is 0.168. The van der Waals surface area contributed by atoms with Crippen molar-refractivity contribution < 1.29 is 14.2 Å². The first kappa shape index (κ1) is 19.4. The van der Waals surface area contributed by atoms with Crippen LogP contribution in [0.5, 0.6) is 17.2 Å². The summed E-state index contributed by atoms with van der Waals surface area (Å²) in [6, 6.07) is 5.55. The van der Waals surface area contributed by atoms with Crippen LogP contribution in [0.25, 0.3) is 0 Å². The van der Waals surface area contributed by atoms with E-state index in [2.05, 4.69) is 28.7 Å². The number of nitrogens with zero attached hydrogens (tertiary/aromatic N) is 2. The molecule has 0 N–H and O–H groups in total. The molecule has 0 radical (unpaired) electrons. The smallest absolute Gasteiger partial charge is 0.204 e. The van der Waals surface area contributed by atoms with Crippen LogP contribution >= 0.6 is 12.4 Å². The SMILES string of the molecule is COc1cccc(OC)c1OCC#CCN1CCN(C)CC1.Cl. The zero-order valence-electron chi connectivity index (χ0n) is 14.0. The molecule has 23 heavy (non-hydrogen) atoms. The molecular formula is C17H25ClN2O3. The summed E-state index contributed by atoms with van der Waals surface area (Å²) in [5, 5.41) is 0. The van der Waals surface area contributed by atoms with E-state index < -0.39 is 0 Å². The van der Waals surface area contributed by atoms with Gasteiger partial charge in [-0.3, -0.25) is 4.90 Å². The van der Waals surface area contributed by atoms with Crippen LogP contribution in [0.2, 0.25) is 0 Å². The van der Waals surface area contributed by atoms with Crippen LogP contribution in [-0.2, 0) is 0 Å². The number of hydrogen-bond acceptors (Lipinski definition) is 5. The lowest BCUT2D eigenvalue weighted by Gasteiger charge is -2.30. The van der Waals surface area contributed by atoms with Gasteiger partial charge < -0.3 is 19.1 Å². The van der Waals surface area contributed by atoms with E-state index in [1.54, 1.807) is 14.2 Å². The maximum atomic E-state index is 5.71. The number of methoxy groups -OCH3 is 2. The van der Waals surface area contributed by atoms with Crippen LogP contribution in [0.4, 0.5) is 0 Å². The molecule has 0 saturated carbocycles. The number of para-hydroxylation sites is 1. The summed E-state index contributed by atoms with van der Waals surface area (Å²) in [6.45, 7) is 5.48. The normalized spacial score (nSPS) is 15.1. The third-order valence-electron chi connectivity index (χ3n) is 3.69. The molecule has 1 aromatic rings. The Morgan fingerprint density at radius 2 is 1.61 bits per heavy atom. The Bertz CT molecular complexity index is 512. The Morgan fingerprint density at radius 1 is 1.00 bits per heavy atom. The molecule has 1 heterocycles. The first-order valence-electron chi connectivity index (χ1n) is 7.45. The number of ether oxygens (including phenoxy) is 3. The van der Waals surface area contributed by atoms with Crippen LogP contribution in [0.15, 0.2) is 18.2 Å². The number of likely N-dealkylation sites (N-methyl/N-ethyl adjacent to an activating group) is 1. The fourth-order valence-electron chi connectivity index (χ4n) is 2.29. The monoisotopic (exact) mass is 340 g/mol. The minimum atomic E-state index is 0. The fourth-order valence-corrected chi connectivity index (χ4v) is 2.29. The van der Waals surface area contributed by atoms with Gasteiger partial charge >= 0.3 is 0 Å². The van der Waals surface area contributed by atoms with E-state index in [0.717, 1.165) is 32.7 Å². The Morgan fingerprint density at radius 3 is 2.17 bits per heavy atom. The zero-order chi connectivity index (χ0) is 15.8. The number of rotatable bonds is 5. The highest BCUT2D eigenvalue weighted by Crippen LogP contribution is 2.36. The molecule has 0 aromatic heterocycles. The number of piperazine rings is 1. The summed E-state index contributed by atoms with van der Waals surface area (Å²) < 4.78 is 16.3. The summed E-state index contributed by atoms with van der Waals surface area (Å²) in [5.41, 5.74) is 0. The second-order valence-corrected chi connectivity index (χ2v) is 5.21. The van der Waals surface area contributed by atoms with E-state index in [0.29, 0.717) is 23.9 Å². The number of halogens is 1. The quantitative estimate of drug-likeness (QED) is 0.763. The molecule has 0 amide bonds. The molecule has 128 valence electrons. The summed E-state index contributed by atoms with van der Waals surface area (Å²) in [4.78, 5) is 4.69. The molecule has 0 atom stereocenters. The molecule has 1 aromatic carbocycles. The molecule has 1 aliphatic heterocycles. The molecule has 0 spiro atoms. The van der Waals surface area contributed by atoms with E-state index in [1.165, 1.54) is 0 Å². The van der Waals surface area contributed by atoms with E-state index in [-0.39, 0.29) is 12.4 Å². The van der Waals surface area contributed by atoms with E-state index in [9.17, 15) is 0 Å². The molecule has 1 fully saturated rings. The highest BCUT2D eigenvalue weighted by atomic mass is 35.5. The predicted octanol–water partition coefficient (Wildman–Crippen LogP) is 1.76. The first-order valence-corrected chi connectivity index (χ1v) is 7.45. The first-order chi connectivity index (χ1) is 10.7. The molecule has 6 heteroatoms. The Kier molecular flexibility index (Phi) is 8.64. The van der Waals surface area contributed by atoms with Gasteiger partial charge in [0.2, 0.25) is 5.75 Å². The molecule has 0 aliphatic carbocycles. The number of benzene rings is 1. The summed E-state index contributed by atoms with van der Waals surface area (Å²) in [6.07, 6.45) is 0. The van der Waals surface area contributed by atoms with Crippen LogP contribution in [-0.4, -0.2) is 70.4 Å². The van der Waals surface area contributed by atoms with Crippen LogP contribution < -0.4 is 14.2 Å². The maximum Gasteiger partial charge on any atom is 0.204 e. The van der Waals surface area contributed by atoms with Crippen LogP contribution in [0.3, 0.4) is 0 Å². The minimum Gasteiger partial charge on any atom is -0.493 e. The van der Waals surface area contributed by atoms with Gasteiger partial charge in [-0.15, -0.1) is 12.4 Å². The lowest BCUT2D eigenvalue weighted by atomic mass is 10.3. The largest absolute Gasteiger partial charge is 0.493 e. The minimum absolute atomic E-state index is 0. The summed E-state index contributed by atoms with van der Waals surface area (Å²) >= 11 is 0. The van der Waals surface area contributed by atoms with Gasteiger partial charge in [0.15, 0.2) is 11.5 Å². The molecule has 1 saturated heterocycles. The van der Waals surface area contributed by atoms with Crippen LogP contribution in [0, 0.1) is 11.8 Å². The molecule has 1 aliphatic rings. The third kappa shape index (κ3) is 5.83. The van der Waals surface area contributed by atoms with Crippen molar-refractivity contribution in [1.29, 1.82) is 0 Å². The van der Waals surface area contributed by atoms with Gasteiger partial charge in [-0.05, 0) is 19.2 Å². The third-order valence-corrected chi connectivity index (χ3v) is 3.69. The topological polar surface area (TPSA) is 34.2 Å². The van der Waals surface area contributed by atoms with Crippen molar-refractivity contribution in [3.05, 3.63) is 18.2 Å². The summed E-state index contributed by atoms with van der Waals surface area (Å²) in [5.74, 6) is 8.13.